The maximum atomic E-state index is 11.2. The summed E-state index contributed by atoms with van der Waals surface area (Å²) in [5.41, 5.74) is 9.79. The first-order valence-corrected chi connectivity index (χ1v) is 5.88. The van der Waals surface area contributed by atoms with Crippen LogP contribution >= 0.6 is 0 Å². The van der Waals surface area contributed by atoms with Crippen molar-refractivity contribution < 1.29 is 13.0 Å². The lowest BCUT2D eigenvalue weighted by molar-refractivity contribution is 0.481. The number of rotatable bonds is 3. The Balaban J connectivity index is 3.50. The number of nitrogens with zero attached hydrogens (tertiary/aromatic N) is 3. The molecule has 0 bridgehead atoms. The quantitative estimate of drug-likeness (QED) is 0.380. The third kappa shape index (κ3) is 2.73. The Kier molecular flexibility index (Phi) is 3.54. The van der Waals surface area contributed by atoms with E-state index in [1.54, 1.807) is 26.0 Å². The van der Waals surface area contributed by atoms with Gasteiger partial charge in [0.15, 0.2) is 0 Å². The predicted molar refractivity (Wildman–Crippen MR) is 58.6 cm³/mol. The molecule has 1 N–H and O–H groups in total. The van der Waals surface area contributed by atoms with Gasteiger partial charge in [0.2, 0.25) is 0 Å². The molecule has 1 aromatic carbocycles. The molecule has 0 saturated heterocycles. The molecule has 0 heterocycles. The molecule has 0 aliphatic rings. The third-order valence-electron chi connectivity index (χ3n) is 2.06. The second-order valence-electron chi connectivity index (χ2n) is 3.43. The molecule has 16 heavy (non-hydrogen) atoms. The van der Waals surface area contributed by atoms with Crippen molar-refractivity contribution in [2.24, 2.45) is 5.11 Å². The molecule has 0 aliphatic carbocycles. The highest BCUT2D eigenvalue weighted by atomic mass is 32.2. The predicted octanol–water partition coefficient (Wildman–Crippen LogP) is 2.36. The minimum Gasteiger partial charge on any atom is -0.282 e. The molecule has 0 amide bonds. The lowest BCUT2D eigenvalue weighted by Gasteiger charge is -2.09. The van der Waals surface area contributed by atoms with E-state index >= 15 is 0 Å². The van der Waals surface area contributed by atoms with Gasteiger partial charge in [0.1, 0.15) is 4.90 Å². The zero-order chi connectivity index (χ0) is 12.3. The Morgan fingerprint density at radius 1 is 1.44 bits per heavy atom. The van der Waals surface area contributed by atoms with Gasteiger partial charge in [0.25, 0.3) is 10.1 Å². The van der Waals surface area contributed by atoms with E-state index in [1.807, 2.05) is 0 Å². The highest BCUT2D eigenvalue weighted by Gasteiger charge is 2.18. The van der Waals surface area contributed by atoms with Gasteiger partial charge in [0.05, 0.1) is 6.54 Å². The monoisotopic (exact) mass is 241 g/mol. The first-order valence-electron chi connectivity index (χ1n) is 4.44. The van der Waals surface area contributed by atoms with Gasteiger partial charge in [-0.3, -0.25) is 4.55 Å². The maximum Gasteiger partial charge on any atom is 0.295 e. The van der Waals surface area contributed by atoms with Crippen molar-refractivity contribution in [1.82, 2.24) is 0 Å². The summed E-state index contributed by atoms with van der Waals surface area (Å²) < 4.78 is 31.4. The second-order valence-corrected chi connectivity index (χ2v) is 4.79. The van der Waals surface area contributed by atoms with Crippen molar-refractivity contribution in [3.05, 3.63) is 39.3 Å². The molecule has 0 atom stereocenters. The molecule has 1 rings (SSSR count). The largest absolute Gasteiger partial charge is 0.295 e. The van der Waals surface area contributed by atoms with Gasteiger partial charge in [-0.2, -0.15) is 8.42 Å². The number of hydrogen-bond donors (Lipinski definition) is 1. The van der Waals surface area contributed by atoms with Crippen LogP contribution in [0.15, 0.2) is 22.1 Å². The zero-order valence-electron chi connectivity index (χ0n) is 8.88. The van der Waals surface area contributed by atoms with Crippen molar-refractivity contribution in [3.8, 4) is 0 Å². The first kappa shape index (κ1) is 12.5. The van der Waals surface area contributed by atoms with Crippen molar-refractivity contribution in [3.63, 3.8) is 0 Å². The summed E-state index contributed by atoms with van der Waals surface area (Å²) in [5.74, 6) is 0. The molecule has 7 heteroatoms. The fourth-order valence-electron chi connectivity index (χ4n) is 1.64. The minimum atomic E-state index is -4.29. The summed E-state index contributed by atoms with van der Waals surface area (Å²) in [6.07, 6.45) is 0. The Bertz CT molecular complexity index is 560. The van der Waals surface area contributed by atoms with Crippen LogP contribution in [0.4, 0.5) is 0 Å². The summed E-state index contributed by atoms with van der Waals surface area (Å²) in [4.78, 5) is 2.39. The lowest BCUT2D eigenvalue weighted by atomic mass is 10.1. The number of aryl methyl sites for hydroxylation is 2. The van der Waals surface area contributed by atoms with E-state index in [1.165, 1.54) is 0 Å². The molecule has 0 radical (unpaired) electrons. The van der Waals surface area contributed by atoms with Crippen LogP contribution in [0.2, 0.25) is 0 Å². The van der Waals surface area contributed by atoms with E-state index in [0.29, 0.717) is 11.1 Å². The van der Waals surface area contributed by atoms with Gasteiger partial charge >= 0.3 is 0 Å². The molecule has 0 aliphatic heterocycles. The van der Waals surface area contributed by atoms with Gasteiger partial charge in [-0.1, -0.05) is 22.8 Å². The fraction of sp³-hybridized carbons (Fsp3) is 0.333. The van der Waals surface area contributed by atoms with Gasteiger partial charge in [-0.25, -0.2) is 0 Å². The van der Waals surface area contributed by atoms with E-state index in [-0.39, 0.29) is 11.4 Å². The van der Waals surface area contributed by atoms with Crippen molar-refractivity contribution >= 4 is 10.1 Å². The Labute approximate surface area is 93.3 Å². The van der Waals surface area contributed by atoms with Crippen LogP contribution in [0, 0.1) is 13.8 Å². The normalized spacial score (nSPS) is 10.9. The summed E-state index contributed by atoms with van der Waals surface area (Å²) in [6.45, 7) is 3.27. The van der Waals surface area contributed by atoms with Crippen molar-refractivity contribution in [2.75, 3.05) is 0 Å². The summed E-state index contributed by atoms with van der Waals surface area (Å²) in [6, 6.07) is 3.22. The van der Waals surface area contributed by atoms with Crippen molar-refractivity contribution in [1.29, 1.82) is 0 Å². The molecule has 1 aromatic rings. The van der Waals surface area contributed by atoms with Crippen LogP contribution in [0.5, 0.6) is 0 Å². The highest BCUT2D eigenvalue weighted by Crippen LogP contribution is 2.22. The molecule has 0 fully saturated rings. The third-order valence-corrected chi connectivity index (χ3v) is 3.16. The zero-order valence-corrected chi connectivity index (χ0v) is 9.69. The molecule has 86 valence electrons. The molecule has 0 spiro atoms. The Morgan fingerprint density at radius 3 is 2.56 bits per heavy atom. The van der Waals surface area contributed by atoms with E-state index in [4.69, 9.17) is 10.1 Å². The number of hydrogen-bond acceptors (Lipinski definition) is 3. The van der Waals surface area contributed by atoms with Crippen LogP contribution in [-0.4, -0.2) is 13.0 Å². The van der Waals surface area contributed by atoms with Crippen LogP contribution in [0.3, 0.4) is 0 Å². The molecular formula is C9H11N3O3S. The van der Waals surface area contributed by atoms with Crippen LogP contribution in [-0.2, 0) is 16.7 Å². The topological polar surface area (TPSA) is 103 Å². The highest BCUT2D eigenvalue weighted by molar-refractivity contribution is 7.86. The van der Waals surface area contributed by atoms with Gasteiger partial charge in [-0.05, 0) is 30.5 Å². The molecule has 0 aromatic heterocycles. The SMILES string of the molecule is Cc1cc(C)c(S(=O)(=O)O)c(CN=[N+]=[N-])c1. The Hall–Kier alpha value is -1.56. The molecule has 0 unspecified atom stereocenters. The number of azide groups is 1. The standard InChI is InChI=1S/C9H11N3O3S/c1-6-3-7(2)9(16(13,14)15)8(4-6)5-11-12-10/h3-4H,5H2,1-2H3,(H,13,14,15). The van der Waals surface area contributed by atoms with Crippen molar-refractivity contribution in [2.45, 2.75) is 25.3 Å². The van der Waals surface area contributed by atoms with Crippen LogP contribution < -0.4 is 0 Å². The summed E-state index contributed by atoms with van der Waals surface area (Å²) in [7, 11) is -4.29. The van der Waals surface area contributed by atoms with Crippen LogP contribution in [0.25, 0.3) is 10.4 Å². The Morgan fingerprint density at radius 2 is 2.06 bits per heavy atom. The van der Waals surface area contributed by atoms with E-state index in [0.717, 1.165) is 5.56 Å². The second kappa shape index (κ2) is 4.52. The van der Waals surface area contributed by atoms with Gasteiger partial charge in [-0.15, -0.1) is 0 Å². The first-order chi connectivity index (χ1) is 7.36. The number of benzene rings is 1. The maximum absolute atomic E-state index is 11.2. The van der Waals surface area contributed by atoms with Gasteiger partial charge in [0, 0.05) is 4.91 Å². The van der Waals surface area contributed by atoms with E-state index < -0.39 is 10.1 Å². The fourth-order valence-corrected chi connectivity index (χ4v) is 2.56. The van der Waals surface area contributed by atoms with Gasteiger partial charge < -0.3 is 0 Å². The molecule has 6 nitrogen and oxygen atoms in total. The van der Waals surface area contributed by atoms with E-state index in [9.17, 15) is 8.42 Å². The lowest BCUT2D eigenvalue weighted by Crippen LogP contribution is -2.06. The molecule has 0 saturated carbocycles. The minimum absolute atomic E-state index is 0.103. The van der Waals surface area contributed by atoms with Crippen LogP contribution in [0.1, 0.15) is 16.7 Å². The van der Waals surface area contributed by atoms with E-state index in [2.05, 4.69) is 10.0 Å². The summed E-state index contributed by atoms with van der Waals surface area (Å²) >= 11 is 0. The summed E-state index contributed by atoms with van der Waals surface area (Å²) in [5, 5.41) is 3.30. The smallest absolute Gasteiger partial charge is 0.282 e. The average Bonchev–Trinajstić information content (AvgIpc) is 2.10. The average molecular weight is 241 g/mol. The molecular weight excluding hydrogens is 230 g/mol.